The van der Waals surface area contributed by atoms with E-state index in [1.807, 2.05) is 96.9 Å². The Balaban J connectivity index is -0.000000191. The molecule has 0 heteroatoms. The number of hydrogen-bond donors (Lipinski definition) is 0. The van der Waals surface area contributed by atoms with Crippen molar-refractivity contribution in [3.63, 3.8) is 0 Å². The van der Waals surface area contributed by atoms with Crippen LogP contribution in [0.3, 0.4) is 0 Å². The van der Waals surface area contributed by atoms with Crippen molar-refractivity contribution in [3.8, 4) is 0 Å². The van der Waals surface area contributed by atoms with Crippen molar-refractivity contribution in [1.82, 2.24) is 0 Å². The first-order valence-corrected chi connectivity index (χ1v) is 38.4. The van der Waals surface area contributed by atoms with Gasteiger partial charge in [0.15, 0.2) is 0 Å². The highest BCUT2D eigenvalue weighted by molar-refractivity contribution is 5.40. The second kappa shape index (κ2) is 51.6. The molecule has 560 valence electrons. The smallest absolute Gasteiger partial charge is 0.0129 e. The fourth-order valence-corrected chi connectivity index (χ4v) is 10.3. The maximum atomic E-state index is 2.29. The molecule has 0 aromatic heterocycles. The second-order valence-electron chi connectivity index (χ2n) is 31.9. The van der Waals surface area contributed by atoms with Gasteiger partial charge >= 0.3 is 0 Å². The van der Waals surface area contributed by atoms with E-state index in [1.54, 1.807) is 0 Å². The molecule has 0 nitrogen and oxygen atoms in total. The molecule has 0 aliphatic carbocycles. The van der Waals surface area contributed by atoms with Crippen LogP contribution in [0.15, 0.2) is 127 Å². The molecule has 0 N–H and O–H groups in total. The van der Waals surface area contributed by atoms with Crippen LogP contribution in [-0.2, 0) is 37.9 Å². The van der Waals surface area contributed by atoms with Crippen LogP contribution in [-0.4, -0.2) is 0 Å². The summed E-state index contributed by atoms with van der Waals surface area (Å²) in [4.78, 5) is 0. The third kappa shape index (κ3) is 43.9. The van der Waals surface area contributed by atoms with Gasteiger partial charge in [-0.25, -0.2) is 0 Å². The van der Waals surface area contributed by atoms with Crippen LogP contribution in [0, 0.1) is 96.9 Å². The summed E-state index contributed by atoms with van der Waals surface area (Å²) >= 11 is 0. The van der Waals surface area contributed by atoms with Gasteiger partial charge in [-0.3, -0.25) is 0 Å². The molecule has 0 saturated heterocycles. The zero-order chi connectivity index (χ0) is 79.5. The summed E-state index contributed by atoms with van der Waals surface area (Å²) in [7, 11) is 0. The van der Waals surface area contributed by atoms with Gasteiger partial charge in [-0.15, -0.1) is 0 Å². The number of benzene rings is 7. The highest BCUT2D eigenvalue weighted by Crippen LogP contribution is 2.31. The lowest BCUT2D eigenvalue weighted by Crippen LogP contribution is -2.13. The van der Waals surface area contributed by atoms with Crippen molar-refractivity contribution in [2.75, 3.05) is 0 Å². The molecule has 0 saturated carbocycles. The van der Waals surface area contributed by atoms with E-state index in [0.29, 0.717) is 0 Å². The van der Waals surface area contributed by atoms with Crippen molar-refractivity contribution < 1.29 is 0 Å². The molecule has 0 heterocycles. The number of hydrogen-bond acceptors (Lipinski definition) is 0. The lowest BCUT2D eigenvalue weighted by atomic mass is 9.83. The van der Waals surface area contributed by atoms with Crippen LogP contribution in [0.1, 0.15) is 359 Å². The molecular formula is C98H168. The fourth-order valence-electron chi connectivity index (χ4n) is 10.3. The van der Waals surface area contributed by atoms with Gasteiger partial charge in [0, 0.05) is 0 Å². The molecule has 0 radical (unpaired) electrons. The Kier molecular flexibility index (Phi) is 55.8. The molecule has 0 aliphatic heterocycles. The fraction of sp³-hybridized carbons (Fsp3) is 0.571. The maximum absolute atomic E-state index is 2.29. The van der Waals surface area contributed by atoms with Gasteiger partial charge in [0.1, 0.15) is 0 Å². The maximum Gasteiger partial charge on any atom is -0.0129 e. The molecule has 98 heavy (non-hydrogen) atoms. The Morgan fingerprint density at radius 1 is 0.163 bits per heavy atom. The first-order chi connectivity index (χ1) is 44.9. The third-order valence-electron chi connectivity index (χ3n) is 16.0. The van der Waals surface area contributed by atoms with Crippen molar-refractivity contribution in [2.24, 2.45) is 0 Å². The van der Waals surface area contributed by atoms with Gasteiger partial charge in [-0.1, -0.05) is 392 Å². The van der Waals surface area contributed by atoms with E-state index >= 15 is 0 Å². The van der Waals surface area contributed by atoms with E-state index in [1.165, 1.54) is 117 Å². The Labute approximate surface area is 617 Å². The SMILES string of the molecule is CC.CC.CC.CC.CC.CC.CC.Cc1cc(C)cc(C(C)(C)C)c1.Cc1ccc(C(C)(C)C)c(C)c1.Cc1ccc(C(C)(C)C)c(C)c1.Cc1ccc(C(C)(C)C)cc1C.Cc1ccc(C(C)(C)C)cc1C.Cc1cccc(C(C)(C)C)c1C.Cc1cccc(C(C)(C)C)c1C. The summed E-state index contributed by atoms with van der Waals surface area (Å²) in [6.07, 6.45) is 0. The minimum Gasteiger partial charge on any atom is -0.0683 e. The number of rotatable bonds is 0. The monoisotopic (exact) mass is 1350 g/mol. The van der Waals surface area contributed by atoms with Crippen LogP contribution < -0.4 is 0 Å². The van der Waals surface area contributed by atoms with E-state index in [9.17, 15) is 0 Å². The molecule has 7 aromatic rings. The second-order valence-corrected chi connectivity index (χ2v) is 31.9. The van der Waals surface area contributed by atoms with Gasteiger partial charge in [0.2, 0.25) is 0 Å². The summed E-state index contributed by atoms with van der Waals surface area (Å²) in [6.45, 7) is 106. The van der Waals surface area contributed by atoms with E-state index in [2.05, 4.69) is 370 Å². The summed E-state index contributed by atoms with van der Waals surface area (Å²) in [6, 6.07) is 46.6. The third-order valence-corrected chi connectivity index (χ3v) is 16.0. The predicted octanol–water partition coefficient (Wildman–Crippen LogP) is 32.4. The quantitative estimate of drug-likeness (QED) is 0.142. The highest BCUT2D eigenvalue weighted by Gasteiger charge is 2.20. The molecular weight excluding hydrogens is 1180 g/mol. The molecule has 0 atom stereocenters. The summed E-state index contributed by atoms with van der Waals surface area (Å²) in [5.41, 5.74) is 31.4. The van der Waals surface area contributed by atoms with E-state index in [0.717, 1.165) is 0 Å². The van der Waals surface area contributed by atoms with Crippen LogP contribution in [0.5, 0.6) is 0 Å². The Hall–Kier alpha value is -5.46. The van der Waals surface area contributed by atoms with Crippen molar-refractivity contribution in [3.05, 3.63) is 244 Å². The highest BCUT2D eigenvalue weighted by atomic mass is 14.2. The van der Waals surface area contributed by atoms with Crippen molar-refractivity contribution in [2.45, 2.75) is 377 Å². The molecule has 7 aromatic carbocycles. The topological polar surface area (TPSA) is 0 Å². The molecule has 7 rings (SSSR count). The predicted molar refractivity (Wildman–Crippen MR) is 462 cm³/mol. The van der Waals surface area contributed by atoms with E-state index in [4.69, 9.17) is 0 Å². The largest absolute Gasteiger partial charge is 0.0683 e. The zero-order valence-corrected chi connectivity index (χ0v) is 75.1. The minimum atomic E-state index is 0.274. The first kappa shape index (κ1) is 106. The zero-order valence-electron chi connectivity index (χ0n) is 75.1. The van der Waals surface area contributed by atoms with Crippen molar-refractivity contribution in [1.29, 1.82) is 0 Å². The Bertz CT molecular complexity index is 2940. The lowest BCUT2D eigenvalue weighted by Gasteiger charge is -2.22. The molecule has 0 aliphatic rings. The first-order valence-electron chi connectivity index (χ1n) is 38.4. The Morgan fingerprint density at radius 3 is 0.602 bits per heavy atom. The van der Waals surface area contributed by atoms with Gasteiger partial charge < -0.3 is 0 Å². The molecule has 0 amide bonds. The molecule has 0 spiro atoms. The van der Waals surface area contributed by atoms with Crippen LogP contribution in [0.25, 0.3) is 0 Å². The molecule has 0 unspecified atom stereocenters. The van der Waals surface area contributed by atoms with Gasteiger partial charge in [-0.2, -0.15) is 0 Å². The normalized spacial score (nSPS) is 10.5. The summed E-state index contributed by atoms with van der Waals surface area (Å²) in [5.74, 6) is 0. The van der Waals surface area contributed by atoms with Gasteiger partial charge in [0.05, 0.1) is 0 Å². The van der Waals surface area contributed by atoms with Crippen LogP contribution in [0.4, 0.5) is 0 Å². The van der Waals surface area contributed by atoms with Crippen molar-refractivity contribution >= 4 is 0 Å². The summed E-state index contributed by atoms with van der Waals surface area (Å²) in [5, 5.41) is 0. The van der Waals surface area contributed by atoms with Crippen LogP contribution in [0.2, 0.25) is 0 Å². The number of aryl methyl sites for hydroxylation is 12. The molecule has 0 fully saturated rings. The van der Waals surface area contributed by atoms with Crippen LogP contribution >= 0.6 is 0 Å². The standard InChI is InChI=1S/7C12H18.7C2H6/c1-9-6-10(2)8-11(7-9)12(3,4)5;2*1-9-6-7-11(8-10(9)2)12(3,4)5;2*1-9-6-7-11(10(2)8-9)12(3,4)5;2*1-9-7-6-8-11(10(9)2)12(3,4)5;7*1-2/h7*6-8H,1-5H3;7*1-2H3. The van der Waals surface area contributed by atoms with E-state index < -0.39 is 0 Å². The average Bonchev–Trinajstić information content (AvgIpc) is 0.868. The van der Waals surface area contributed by atoms with Gasteiger partial charge in [0.25, 0.3) is 0 Å². The van der Waals surface area contributed by atoms with E-state index in [-0.39, 0.29) is 37.9 Å². The summed E-state index contributed by atoms with van der Waals surface area (Å²) < 4.78 is 0. The average molecular weight is 1350 g/mol. The van der Waals surface area contributed by atoms with Gasteiger partial charge in [-0.05, 0) is 229 Å². The Morgan fingerprint density at radius 2 is 0.408 bits per heavy atom. The lowest BCUT2D eigenvalue weighted by molar-refractivity contribution is 0.585. The minimum absolute atomic E-state index is 0.274. The molecule has 0 bridgehead atoms.